The second-order valence-electron chi connectivity index (χ2n) is 7.36. The molecule has 0 radical (unpaired) electrons. The number of aliphatic hydroxyl groups excluding tert-OH is 1. The van der Waals surface area contributed by atoms with E-state index < -0.39 is 18.2 Å². The number of pyridine rings is 1. The van der Waals surface area contributed by atoms with E-state index in [9.17, 15) is 19.5 Å². The smallest absolute Gasteiger partial charge is 0.340 e. The number of benzene rings is 2. The maximum Gasteiger partial charge on any atom is 0.340 e. The molecule has 1 atom stereocenters. The van der Waals surface area contributed by atoms with Crippen LogP contribution in [0.4, 0.5) is 21.0 Å². The molecule has 1 aliphatic rings. The molecule has 1 aromatic heterocycles. The fourth-order valence-corrected chi connectivity index (χ4v) is 3.41. The minimum absolute atomic E-state index is 0.0302. The molecule has 1 aliphatic heterocycles. The van der Waals surface area contributed by atoms with Crippen molar-refractivity contribution >= 4 is 23.4 Å². The topological polar surface area (TPSA) is 107 Å². The molecule has 3 N–H and O–H groups in total. The highest BCUT2D eigenvalue weighted by Crippen LogP contribution is 2.18. The van der Waals surface area contributed by atoms with Crippen molar-refractivity contribution in [1.29, 1.82) is 0 Å². The van der Waals surface area contributed by atoms with E-state index in [0.717, 1.165) is 10.0 Å². The summed E-state index contributed by atoms with van der Waals surface area (Å²) in [7, 11) is 0. The molecule has 0 aliphatic carbocycles. The number of urea groups is 2. The highest BCUT2D eigenvalue weighted by atomic mass is 16.3. The molecule has 0 saturated carbocycles. The maximum absolute atomic E-state index is 12.8. The number of carbonyl (C=O) groups is 2. The summed E-state index contributed by atoms with van der Waals surface area (Å²) in [5, 5.41) is 17.7. The van der Waals surface area contributed by atoms with E-state index in [0.29, 0.717) is 22.6 Å². The molecule has 33 heavy (non-hydrogen) atoms. The summed E-state index contributed by atoms with van der Waals surface area (Å²) in [5.74, 6) is 2.49. The number of nitrogens with zero attached hydrogens (tertiary/aromatic N) is 3. The van der Waals surface area contributed by atoms with Crippen molar-refractivity contribution in [1.82, 2.24) is 14.6 Å². The molecule has 0 unspecified atom stereocenters. The third-order valence-electron chi connectivity index (χ3n) is 5.05. The highest BCUT2D eigenvalue weighted by Gasteiger charge is 2.36. The van der Waals surface area contributed by atoms with E-state index in [1.807, 2.05) is 0 Å². The van der Waals surface area contributed by atoms with Gasteiger partial charge in [-0.15, -0.1) is 6.42 Å². The van der Waals surface area contributed by atoms with Crippen LogP contribution >= 0.6 is 0 Å². The number of aliphatic hydroxyl groups is 1. The van der Waals surface area contributed by atoms with Gasteiger partial charge in [0.15, 0.2) is 0 Å². The second kappa shape index (κ2) is 9.30. The molecule has 1 saturated heterocycles. The molecule has 1 fully saturated rings. The number of hydrazine groups is 1. The molecular weight excluding hydrogens is 422 g/mol. The Bertz CT molecular complexity index is 1260. The lowest BCUT2D eigenvalue weighted by molar-refractivity contribution is 0.103. The first kappa shape index (κ1) is 21.7. The molecular formula is C24H21N5O4. The maximum atomic E-state index is 12.8. The van der Waals surface area contributed by atoms with Crippen LogP contribution in [0.2, 0.25) is 0 Å². The average molecular weight is 443 g/mol. The van der Waals surface area contributed by atoms with Gasteiger partial charge in [-0.1, -0.05) is 12.0 Å². The van der Waals surface area contributed by atoms with Crippen LogP contribution in [0.25, 0.3) is 5.69 Å². The van der Waals surface area contributed by atoms with Crippen LogP contribution in [0.15, 0.2) is 77.7 Å². The number of rotatable bonds is 3. The first-order chi connectivity index (χ1) is 15.9. The Morgan fingerprint density at radius 3 is 1.94 bits per heavy atom. The summed E-state index contributed by atoms with van der Waals surface area (Å²) in [4.78, 5) is 37.5. The van der Waals surface area contributed by atoms with Crippen molar-refractivity contribution in [2.75, 3.05) is 23.7 Å². The molecule has 4 rings (SSSR count). The summed E-state index contributed by atoms with van der Waals surface area (Å²) < 4.78 is 1.48. The van der Waals surface area contributed by atoms with Crippen LogP contribution in [-0.4, -0.2) is 50.9 Å². The van der Waals surface area contributed by atoms with Crippen molar-refractivity contribution in [3.05, 3.63) is 88.8 Å². The van der Waals surface area contributed by atoms with Crippen molar-refractivity contribution in [3.63, 3.8) is 0 Å². The van der Waals surface area contributed by atoms with Crippen LogP contribution in [0.1, 0.15) is 5.56 Å². The van der Waals surface area contributed by atoms with Gasteiger partial charge in [-0.2, -0.15) is 0 Å². The Kier molecular flexibility index (Phi) is 6.11. The third-order valence-corrected chi connectivity index (χ3v) is 5.05. The van der Waals surface area contributed by atoms with Crippen molar-refractivity contribution in [2.24, 2.45) is 0 Å². The van der Waals surface area contributed by atoms with Gasteiger partial charge in [0.25, 0.3) is 5.56 Å². The second-order valence-corrected chi connectivity index (χ2v) is 7.36. The molecule has 3 aromatic rings. The number of anilines is 2. The quantitative estimate of drug-likeness (QED) is 0.541. The molecule has 2 aromatic carbocycles. The summed E-state index contributed by atoms with van der Waals surface area (Å²) in [6, 6.07) is 17.1. The van der Waals surface area contributed by atoms with Gasteiger partial charge >= 0.3 is 12.1 Å². The first-order valence-corrected chi connectivity index (χ1v) is 10.1. The zero-order valence-corrected chi connectivity index (χ0v) is 17.5. The normalized spacial score (nSPS) is 15.1. The zero-order chi connectivity index (χ0) is 23.4. The third kappa shape index (κ3) is 4.87. The van der Waals surface area contributed by atoms with Crippen molar-refractivity contribution in [2.45, 2.75) is 6.10 Å². The van der Waals surface area contributed by atoms with E-state index in [2.05, 4.69) is 16.6 Å². The number of hydrogen-bond acceptors (Lipinski definition) is 4. The first-order valence-electron chi connectivity index (χ1n) is 10.1. The SMILES string of the molecule is C#Cc1ccc(NC(=O)N2C[C@@H](O)CN2C(=O)Nc2ccc(-n3ccccc3=O)cc2)cc1. The van der Waals surface area contributed by atoms with Crippen molar-refractivity contribution < 1.29 is 14.7 Å². The number of aromatic nitrogens is 1. The van der Waals surface area contributed by atoms with Crippen LogP contribution in [0, 0.1) is 12.3 Å². The van der Waals surface area contributed by atoms with Gasteiger partial charge in [0.05, 0.1) is 19.2 Å². The summed E-state index contributed by atoms with van der Waals surface area (Å²) in [6.07, 6.45) is 6.11. The number of carbonyl (C=O) groups excluding carboxylic acids is 2. The molecule has 0 spiro atoms. The zero-order valence-electron chi connectivity index (χ0n) is 17.5. The lowest BCUT2D eigenvalue weighted by Crippen LogP contribution is -2.48. The number of amides is 4. The van der Waals surface area contributed by atoms with Gasteiger partial charge in [-0.05, 0) is 54.6 Å². The van der Waals surface area contributed by atoms with Crippen LogP contribution in [0.3, 0.4) is 0 Å². The van der Waals surface area contributed by atoms with Crippen LogP contribution in [-0.2, 0) is 0 Å². The summed E-state index contributed by atoms with van der Waals surface area (Å²) >= 11 is 0. The van der Waals surface area contributed by atoms with E-state index in [1.54, 1.807) is 66.9 Å². The predicted molar refractivity (Wildman–Crippen MR) is 124 cm³/mol. The Morgan fingerprint density at radius 1 is 0.879 bits per heavy atom. The number of nitrogens with one attached hydrogen (secondary N) is 2. The lowest BCUT2D eigenvalue weighted by atomic mass is 10.2. The Hall–Kier alpha value is -4.55. The summed E-state index contributed by atoms with van der Waals surface area (Å²) in [6.45, 7) is -0.0651. The molecule has 4 amide bonds. The fraction of sp³-hybridized carbons (Fsp3) is 0.125. The van der Waals surface area contributed by atoms with Gasteiger partial charge in [-0.3, -0.25) is 9.36 Å². The molecule has 9 heteroatoms. The predicted octanol–water partition coefficient (Wildman–Crippen LogP) is 2.48. The Morgan fingerprint density at radius 2 is 1.42 bits per heavy atom. The number of β-amino-alcohol motifs (C(OH)–C–C–N with tert-alkyl or cyclic N) is 1. The standard InChI is InChI=1S/C24H21N5O4/c1-2-17-6-8-18(9-7-17)25-23(32)28-15-21(30)16-29(28)24(33)26-19-10-12-20(13-11-19)27-14-4-3-5-22(27)31/h1,3-14,21,30H,15-16H2,(H,25,32)(H,26,33)/t21-/m1/s1. The van der Waals surface area contributed by atoms with Gasteiger partial charge in [0, 0.05) is 34.9 Å². The van der Waals surface area contributed by atoms with Crippen LogP contribution in [0.5, 0.6) is 0 Å². The van der Waals surface area contributed by atoms with Crippen molar-refractivity contribution in [3.8, 4) is 18.0 Å². The Labute approximate surface area is 189 Å². The van der Waals surface area contributed by atoms with Gasteiger partial charge in [0.1, 0.15) is 0 Å². The van der Waals surface area contributed by atoms with Gasteiger partial charge in [0.2, 0.25) is 0 Å². The largest absolute Gasteiger partial charge is 0.389 e. The summed E-state index contributed by atoms with van der Waals surface area (Å²) in [5.41, 5.74) is 2.13. The molecule has 2 heterocycles. The van der Waals surface area contributed by atoms with E-state index in [1.165, 1.54) is 10.6 Å². The molecule has 166 valence electrons. The minimum atomic E-state index is -0.877. The highest BCUT2D eigenvalue weighted by molar-refractivity contribution is 5.94. The minimum Gasteiger partial charge on any atom is -0.389 e. The lowest BCUT2D eigenvalue weighted by Gasteiger charge is -2.27. The molecule has 0 bridgehead atoms. The number of terminal acetylenes is 1. The van der Waals surface area contributed by atoms with Crippen LogP contribution < -0.4 is 16.2 Å². The Balaban J connectivity index is 1.44. The van der Waals surface area contributed by atoms with Gasteiger partial charge in [-0.25, -0.2) is 19.6 Å². The number of hydrogen-bond donors (Lipinski definition) is 3. The average Bonchev–Trinajstić information content (AvgIpc) is 3.22. The monoisotopic (exact) mass is 443 g/mol. The van der Waals surface area contributed by atoms with E-state index in [-0.39, 0.29) is 18.6 Å². The van der Waals surface area contributed by atoms with Gasteiger partial charge < -0.3 is 15.7 Å². The van der Waals surface area contributed by atoms with E-state index >= 15 is 0 Å². The molecule has 9 nitrogen and oxygen atoms in total. The van der Waals surface area contributed by atoms with E-state index in [4.69, 9.17) is 6.42 Å². The fourth-order valence-electron chi connectivity index (χ4n) is 3.41.